The first-order valence-electron chi connectivity index (χ1n) is 5.33. The Kier molecular flexibility index (Phi) is 4.92. The largest absolute Gasteiger partial charge is 0.351 e. The second-order valence-electron chi connectivity index (χ2n) is 3.90. The zero-order chi connectivity index (χ0) is 12.0. The maximum absolute atomic E-state index is 13.2. The van der Waals surface area contributed by atoms with Crippen molar-refractivity contribution in [3.8, 4) is 0 Å². The number of hydrogen-bond acceptors (Lipinski definition) is 2. The van der Waals surface area contributed by atoms with Gasteiger partial charge in [0.1, 0.15) is 5.82 Å². The highest BCUT2D eigenvalue weighted by Gasteiger charge is 2.04. The molecule has 0 fully saturated rings. The molecule has 1 rings (SSSR count). The van der Waals surface area contributed by atoms with Crippen LogP contribution in [-0.4, -0.2) is 18.5 Å². The molecule has 0 heterocycles. The fraction of sp³-hybridized carbons (Fsp3) is 0.417. The number of halogens is 1. The highest BCUT2D eigenvalue weighted by atomic mass is 19.1. The Bertz CT molecular complexity index is 353. The zero-order valence-electron chi connectivity index (χ0n) is 9.59. The summed E-state index contributed by atoms with van der Waals surface area (Å²) in [6, 6.07) is 6.68. The van der Waals surface area contributed by atoms with Gasteiger partial charge in [-0.15, -0.1) is 0 Å². The molecule has 0 aliphatic rings. The summed E-state index contributed by atoms with van der Waals surface area (Å²) in [5.41, 5.74) is 0.500. The van der Waals surface area contributed by atoms with E-state index in [9.17, 15) is 9.18 Å². The molecule has 4 heteroatoms. The van der Waals surface area contributed by atoms with Crippen molar-refractivity contribution in [1.82, 2.24) is 10.6 Å². The monoisotopic (exact) mass is 224 g/mol. The number of amides is 1. The van der Waals surface area contributed by atoms with E-state index in [0.717, 1.165) is 0 Å². The van der Waals surface area contributed by atoms with Gasteiger partial charge in [-0.1, -0.05) is 32.0 Å². The highest BCUT2D eigenvalue weighted by molar-refractivity contribution is 5.77. The molecule has 0 spiro atoms. The summed E-state index contributed by atoms with van der Waals surface area (Å²) < 4.78 is 13.2. The van der Waals surface area contributed by atoms with Gasteiger partial charge < -0.3 is 10.6 Å². The first-order valence-corrected chi connectivity index (χ1v) is 5.33. The van der Waals surface area contributed by atoms with Gasteiger partial charge in [0.05, 0.1) is 6.54 Å². The lowest BCUT2D eigenvalue weighted by Crippen LogP contribution is -2.36. The van der Waals surface area contributed by atoms with Gasteiger partial charge in [0.15, 0.2) is 0 Å². The molecular weight excluding hydrogens is 207 g/mol. The lowest BCUT2D eigenvalue weighted by molar-refractivity contribution is -0.120. The van der Waals surface area contributed by atoms with Crippen LogP contribution in [0.3, 0.4) is 0 Å². The van der Waals surface area contributed by atoms with Gasteiger partial charge in [0, 0.05) is 18.2 Å². The third kappa shape index (κ3) is 4.40. The van der Waals surface area contributed by atoms with Gasteiger partial charge in [-0.05, 0) is 6.07 Å². The molecule has 0 saturated carbocycles. The van der Waals surface area contributed by atoms with E-state index < -0.39 is 0 Å². The van der Waals surface area contributed by atoms with Crippen molar-refractivity contribution in [2.75, 3.05) is 6.54 Å². The molecule has 0 bridgehead atoms. The van der Waals surface area contributed by atoms with Crippen molar-refractivity contribution in [3.63, 3.8) is 0 Å². The van der Waals surface area contributed by atoms with Crippen LogP contribution in [0, 0.1) is 5.82 Å². The molecule has 2 N–H and O–H groups in total. The zero-order valence-corrected chi connectivity index (χ0v) is 9.59. The van der Waals surface area contributed by atoms with Gasteiger partial charge in [0.25, 0.3) is 0 Å². The van der Waals surface area contributed by atoms with Crippen LogP contribution in [0.4, 0.5) is 4.39 Å². The van der Waals surface area contributed by atoms with Crippen LogP contribution in [0.15, 0.2) is 24.3 Å². The molecule has 0 unspecified atom stereocenters. The van der Waals surface area contributed by atoms with Gasteiger partial charge >= 0.3 is 0 Å². The molecule has 0 aliphatic heterocycles. The lowest BCUT2D eigenvalue weighted by atomic mass is 10.2. The second-order valence-corrected chi connectivity index (χ2v) is 3.90. The van der Waals surface area contributed by atoms with E-state index in [1.165, 1.54) is 6.07 Å². The number of carbonyl (C=O) groups is 1. The highest BCUT2D eigenvalue weighted by Crippen LogP contribution is 2.05. The first-order chi connectivity index (χ1) is 7.59. The van der Waals surface area contributed by atoms with Crippen LogP contribution < -0.4 is 10.6 Å². The van der Waals surface area contributed by atoms with Gasteiger partial charge in [-0.3, -0.25) is 4.79 Å². The minimum absolute atomic E-state index is 0.128. The van der Waals surface area contributed by atoms with E-state index >= 15 is 0 Å². The SMILES string of the molecule is CC(C)NCC(=O)NCc1ccccc1F. The third-order valence-corrected chi connectivity index (χ3v) is 2.10. The van der Waals surface area contributed by atoms with Crippen molar-refractivity contribution < 1.29 is 9.18 Å². The summed E-state index contributed by atoms with van der Waals surface area (Å²) in [6.07, 6.45) is 0. The van der Waals surface area contributed by atoms with Crippen molar-refractivity contribution in [1.29, 1.82) is 0 Å². The van der Waals surface area contributed by atoms with Crippen LogP contribution in [0.1, 0.15) is 19.4 Å². The van der Waals surface area contributed by atoms with Gasteiger partial charge in [-0.2, -0.15) is 0 Å². The van der Waals surface area contributed by atoms with E-state index in [4.69, 9.17) is 0 Å². The van der Waals surface area contributed by atoms with Crippen LogP contribution in [0.5, 0.6) is 0 Å². The topological polar surface area (TPSA) is 41.1 Å². The summed E-state index contributed by atoms with van der Waals surface area (Å²) in [5, 5.41) is 5.64. The maximum atomic E-state index is 13.2. The normalized spacial score (nSPS) is 10.5. The Morgan fingerprint density at radius 2 is 2.06 bits per heavy atom. The fourth-order valence-corrected chi connectivity index (χ4v) is 1.19. The van der Waals surface area contributed by atoms with Crippen molar-refractivity contribution in [2.24, 2.45) is 0 Å². The molecular formula is C12H17FN2O. The lowest BCUT2D eigenvalue weighted by Gasteiger charge is -2.09. The second kappa shape index (κ2) is 6.23. The fourth-order valence-electron chi connectivity index (χ4n) is 1.19. The van der Waals surface area contributed by atoms with Crippen LogP contribution >= 0.6 is 0 Å². The minimum atomic E-state index is -0.292. The molecule has 1 amide bonds. The molecule has 0 atom stereocenters. The molecule has 16 heavy (non-hydrogen) atoms. The number of benzene rings is 1. The summed E-state index contributed by atoms with van der Waals surface area (Å²) in [7, 11) is 0. The summed E-state index contributed by atoms with van der Waals surface area (Å²) in [6.45, 7) is 4.41. The number of hydrogen-bond donors (Lipinski definition) is 2. The number of nitrogens with one attached hydrogen (secondary N) is 2. The Hall–Kier alpha value is -1.42. The Morgan fingerprint density at radius 3 is 2.69 bits per heavy atom. The van der Waals surface area contributed by atoms with E-state index in [1.54, 1.807) is 18.2 Å². The summed E-state index contributed by atoms with van der Waals surface area (Å²) in [4.78, 5) is 11.3. The first kappa shape index (κ1) is 12.6. The van der Waals surface area contributed by atoms with Crippen LogP contribution in [0.25, 0.3) is 0 Å². The summed E-state index contributed by atoms with van der Waals surface area (Å²) in [5.74, 6) is -0.420. The molecule has 0 radical (unpaired) electrons. The van der Waals surface area contributed by atoms with Crippen LogP contribution in [0.2, 0.25) is 0 Å². The summed E-state index contributed by atoms with van der Waals surface area (Å²) >= 11 is 0. The van der Waals surface area contributed by atoms with E-state index in [1.807, 2.05) is 13.8 Å². The average molecular weight is 224 g/mol. The average Bonchev–Trinajstić information content (AvgIpc) is 2.25. The molecule has 0 aromatic heterocycles. The van der Waals surface area contributed by atoms with Crippen molar-refractivity contribution in [3.05, 3.63) is 35.6 Å². The van der Waals surface area contributed by atoms with Crippen molar-refractivity contribution in [2.45, 2.75) is 26.4 Å². The molecule has 0 aliphatic carbocycles. The minimum Gasteiger partial charge on any atom is -0.351 e. The predicted octanol–water partition coefficient (Wildman–Crippen LogP) is 1.44. The molecule has 0 saturated heterocycles. The quantitative estimate of drug-likeness (QED) is 0.794. The van der Waals surface area contributed by atoms with Crippen molar-refractivity contribution >= 4 is 5.91 Å². The number of carbonyl (C=O) groups excluding carboxylic acids is 1. The molecule has 88 valence electrons. The number of rotatable bonds is 5. The van der Waals surface area contributed by atoms with Gasteiger partial charge in [-0.25, -0.2) is 4.39 Å². The molecule has 3 nitrogen and oxygen atoms in total. The standard InChI is InChI=1S/C12H17FN2O/c1-9(2)14-8-12(16)15-7-10-5-3-4-6-11(10)13/h3-6,9,14H,7-8H2,1-2H3,(H,15,16). The smallest absolute Gasteiger partial charge is 0.234 e. The Labute approximate surface area is 95.0 Å². The Morgan fingerprint density at radius 1 is 1.38 bits per heavy atom. The van der Waals surface area contributed by atoms with Gasteiger partial charge in [0.2, 0.25) is 5.91 Å². The Balaban J connectivity index is 2.35. The van der Waals surface area contributed by atoms with E-state index in [0.29, 0.717) is 5.56 Å². The van der Waals surface area contributed by atoms with E-state index in [2.05, 4.69) is 10.6 Å². The van der Waals surface area contributed by atoms with E-state index in [-0.39, 0.29) is 30.9 Å². The van der Waals surface area contributed by atoms with Crippen LogP contribution in [-0.2, 0) is 11.3 Å². The predicted molar refractivity (Wildman–Crippen MR) is 61.4 cm³/mol. The molecule has 1 aromatic carbocycles. The maximum Gasteiger partial charge on any atom is 0.234 e. The molecule has 1 aromatic rings. The third-order valence-electron chi connectivity index (χ3n) is 2.10.